The van der Waals surface area contributed by atoms with Gasteiger partial charge in [0, 0.05) is 0 Å². The van der Waals surface area contributed by atoms with Crippen LogP contribution in [0.5, 0.6) is 0 Å². The predicted octanol–water partition coefficient (Wildman–Crippen LogP) is 3.54. The van der Waals surface area contributed by atoms with Gasteiger partial charge in [-0.25, -0.2) is 0 Å². The molecule has 1 aromatic rings. The summed E-state index contributed by atoms with van der Waals surface area (Å²) < 4.78 is 0. The predicted molar refractivity (Wildman–Crippen MR) is 58.0 cm³/mol. The smallest absolute Gasteiger partial charge is 0.0876 e. The van der Waals surface area contributed by atoms with E-state index in [2.05, 4.69) is 6.92 Å². The minimum atomic E-state index is -0.616. The van der Waals surface area contributed by atoms with Gasteiger partial charge in [0.2, 0.25) is 0 Å². The zero-order valence-electron chi connectivity index (χ0n) is 8.42. The molecule has 0 aliphatic heterocycles. The Morgan fingerprint density at radius 2 is 2.23 bits per heavy atom. The maximum Gasteiger partial charge on any atom is 0.0876 e. The summed E-state index contributed by atoms with van der Waals surface area (Å²) in [6.45, 7) is 4.09. The number of thiophene rings is 1. The summed E-state index contributed by atoms with van der Waals surface area (Å²) in [5.41, 5.74) is 0.448. The molecular formula is C11H18OS. The maximum absolute atomic E-state index is 10.1. The molecule has 0 radical (unpaired) electrons. The van der Waals surface area contributed by atoms with Gasteiger partial charge in [0.25, 0.3) is 0 Å². The zero-order chi connectivity index (χ0) is 9.73. The van der Waals surface area contributed by atoms with Gasteiger partial charge < -0.3 is 5.11 Å². The summed E-state index contributed by atoms with van der Waals surface area (Å²) in [6, 6.07) is 2.01. The van der Waals surface area contributed by atoms with E-state index >= 15 is 0 Å². The van der Waals surface area contributed by atoms with Crippen LogP contribution in [0.4, 0.5) is 0 Å². The molecule has 1 heterocycles. The topological polar surface area (TPSA) is 20.2 Å². The van der Waals surface area contributed by atoms with Crippen LogP contribution in [-0.2, 0) is 5.60 Å². The van der Waals surface area contributed by atoms with Gasteiger partial charge in [0.15, 0.2) is 0 Å². The van der Waals surface area contributed by atoms with Crippen molar-refractivity contribution >= 4 is 11.3 Å². The van der Waals surface area contributed by atoms with E-state index in [1.807, 2.05) is 23.8 Å². The highest BCUT2D eigenvalue weighted by Crippen LogP contribution is 2.28. The van der Waals surface area contributed by atoms with Crippen LogP contribution in [-0.4, -0.2) is 5.11 Å². The van der Waals surface area contributed by atoms with Crippen LogP contribution in [0, 0.1) is 0 Å². The summed E-state index contributed by atoms with van der Waals surface area (Å²) in [5, 5.41) is 14.2. The standard InChI is InChI=1S/C11H18OS/c1-3-4-5-7-11(2,12)10-6-8-13-9-10/h6,8-9,12H,3-5,7H2,1-2H3. The second-order valence-corrected chi connectivity index (χ2v) is 4.52. The Bertz CT molecular complexity index is 226. The molecule has 1 nitrogen and oxygen atoms in total. The summed E-state index contributed by atoms with van der Waals surface area (Å²) in [6.07, 6.45) is 4.40. The average Bonchev–Trinajstić information content (AvgIpc) is 2.56. The summed E-state index contributed by atoms with van der Waals surface area (Å²) in [5.74, 6) is 0. The third kappa shape index (κ3) is 3.12. The minimum absolute atomic E-state index is 0.616. The van der Waals surface area contributed by atoms with Crippen molar-refractivity contribution < 1.29 is 5.11 Å². The van der Waals surface area contributed by atoms with Crippen molar-refractivity contribution in [2.75, 3.05) is 0 Å². The molecule has 1 atom stereocenters. The summed E-state index contributed by atoms with van der Waals surface area (Å²) in [7, 11) is 0. The molecule has 13 heavy (non-hydrogen) atoms. The molecule has 0 aliphatic rings. The van der Waals surface area contributed by atoms with Crippen molar-refractivity contribution in [2.24, 2.45) is 0 Å². The van der Waals surface area contributed by atoms with Crippen LogP contribution in [0.1, 0.15) is 45.1 Å². The van der Waals surface area contributed by atoms with E-state index in [4.69, 9.17) is 0 Å². The van der Waals surface area contributed by atoms with Crippen LogP contribution >= 0.6 is 11.3 Å². The molecule has 0 bridgehead atoms. The fourth-order valence-electron chi connectivity index (χ4n) is 1.43. The first kappa shape index (κ1) is 10.7. The first-order valence-corrected chi connectivity index (χ1v) is 5.86. The summed E-state index contributed by atoms with van der Waals surface area (Å²) >= 11 is 1.65. The van der Waals surface area contributed by atoms with Gasteiger partial charge in [0.1, 0.15) is 0 Å². The number of aliphatic hydroxyl groups is 1. The Hall–Kier alpha value is -0.340. The molecule has 1 aromatic heterocycles. The van der Waals surface area contributed by atoms with E-state index in [1.165, 1.54) is 12.8 Å². The van der Waals surface area contributed by atoms with Gasteiger partial charge in [-0.15, -0.1) is 0 Å². The van der Waals surface area contributed by atoms with Crippen LogP contribution in [0.3, 0.4) is 0 Å². The molecule has 0 fully saturated rings. The SMILES string of the molecule is CCCCCC(C)(O)c1ccsc1. The lowest BCUT2D eigenvalue weighted by Crippen LogP contribution is -2.19. The van der Waals surface area contributed by atoms with Crippen molar-refractivity contribution in [3.63, 3.8) is 0 Å². The van der Waals surface area contributed by atoms with Crippen molar-refractivity contribution in [2.45, 2.75) is 45.1 Å². The van der Waals surface area contributed by atoms with Crippen LogP contribution in [0.15, 0.2) is 16.8 Å². The number of rotatable bonds is 5. The highest BCUT2D eigenvalue weighted by atomic mass is 32.1. The Labute approximate surface area is 84.4 Å². The highest BCUT2D eigenvalue weighted by Gasteiger charge is 2.22. The zero-order valence-corrected chi connectivity index (χ0v) is 9.23. The molecule has 0 aromatic carbocycles. The van der Waals surface area contributed by atoms with E-state index in [1.54, 1.807) is 11.3 Å². The first-order chi connectivity index (χ1) is 6.17. The third-order valence-electron chi connectivity index (χ3n) is 2.41. The van der Waals surface area contributed by atoms with Crippen LogP contribution in [0.25, 0.3) is 0 Å². The normalized spacial score (nSPS) is 15.6. The number of unbranched alkanes of at least 4 members (excludes halogenated alkanes) is 2. The molecule has 1 rings (SSSR count). The average molecular weight is 198 g/mol. The van der Waals surface area contributed by atoms with Gasteiger partial charge in [-0.2, -0.15) is 11.3 Å². The van der Waals surface area contributed by atoms with Crippen molar-refractivity contribution in [1.29, 1.82) is 0 Å². The van der Waals surface area contributed by atoms with E-state index < -0.39 is 5.60 Å². The van der Waals surface area contributed by atoms with E-state index in [-0.39, 0.29) is 0 Å². The molecule has 0 saturated carbocycles. The Morgan fingerprint density at radius 1 is 1.46 bits per heavy atom. The van der Waals surface area contributed by atoms with Crippen molar-refractivity contribution in [3.05, 3.63) is 22.4 Å². The summed E-state index contributed by atoms with van der Waals surface area (Å²) in [4.78, 5) is 0. The van der Waals surface area contributed by atoms with Crippen LogP contribution < -0.4 is 0 Å². The lowest BCUT2D eigenvalue weighted by Gasteiger charge is -2.22. The molecule has 74 valence electrons. The molecule has 0 aliphatic carbocycles. The third-order valence-corrected chi connectivity index (χ3v) is 3.09. The van der Waals surface area contributed by atoms with Gasteiger partial charge >= 0.3 is 0 Å². The minimum Gasteiger partial charge on any atom is -0.385 e. The fourth-order valence-corrected chi connectivity index (χ4v) is 2.22. The fraction of sp³-hybridized carbons (Fsp3) is 0.636. The number of hydrogen-bond donors (Lipinski definition) is 1. The largest absolute Gasteiger partial charge is 0.385 e. The van der Waals surface area contributed by atoms with Gasteiger partial charge in [-0.1, -0.05) is 26.2 Å². The van der Waals surface area contributed by atoms with E-state index in [0.29, 0.717) is 0 Å². The van der Waals surface area contributed by atoms with Crippen LogP contribution in [0.2, 0.25) is 0 Å². The maximum atomic E-state index is 10.1. The van der Waals surface area contributed by atoms with Gasteiger partial charge in [-0.3, -0.25) is 0 Å². The van der Waals surface area contributed by atoms with Gasteiger partial charge in [0.05, 0.1) is 5.60 Å². The lowest BCUT2D eigenvalue weighted by molar-refractivity contribution is 0.0454. The molecule has 0 saturated heterocycles. The monoisotopic (exact) mass is 198 g/mol. The van der Waals surface area contributed by atoms with Crippen molar-refractivity contribution in [3.8, 4) is 0 Å². The quantitative estimate of drug-likeness (QED) is 0.717. The van der Waals surface area contributed by atoms with Gasteiger partial charge in [-0.05, 0) is 35.7 Å². The highest BCUT2D eigenvalue weighted by molar-refractivity contribution is 7.08. The number of hydrogen-bond acceptors (Lipinski definition) is 2. The molecular weight excluding hydrogens is 180 g/mol. The molecule has 1 N–H and O–H groups in total. The second kappa shape index (κ2) is 4.77. The van der Waals surface area contributed by atoms with E-state index in [9.17, 15) is 5.11 Å². The van der Waals surface area contributed by atoms with Crippen molar-refractivity contribution in [1.82, 2.24) is 0 Å². The second-order valence-electron chi connectivity index (χ2n) is 3.74. The molecule has 1 unspecified atom stereocenters. The molecule has 0 amide bonds. The molecule has 2 heteroatoms. The first-order valence-electron chi connectivity index (χ1n) is 4.92. The molecule has 0 spiro atoms. The Kier molecular flexibility index (Phi) is 3.94. The Morgan fingerprint density at radius 3 is 2.77 bits per heavy atom. The Balaban J connectivity index is 2.46. The van der Waals surface area contributed by atoms with E-state index in [0.717, 1.165) is 18.4 Å². The lowest BCUT2D eigenvalue weighted by atomic mass is 9.92.